The van der Waals surface area contributed by atoms with Crippen LogP contribution < -0.4 is 0 Å². The standard InChI is InChI=1S/C9H15O3/c1-4-6-9(5-2,7-10)12-8(3)11/h4-6H2,1-3H3. The van der Waals surface area contributed by atoms with Crippen LogP contribution in [0.1, 0.15) is 40.0 Å². The molecule has 1 atom stereocenters. The van der Waals surface area contributed by atoms with Crippen LogP contribution in [0.3, 0.4) is 0 Å². The molecule has 69 valence electrons. The van der Waals surface area contributed by atoms with Crippen LogP contribution in [-0.2, 0) is 14.3 Å². The molecule has 0 aromatic carbocycles. The van der Waals surface area contributed by atoms with E-state index in [0.29, 0.717) is 12.8 Å². The maximum Gasteiger partial charge on any atom is 0.303 e. The van der Waals surface area contributed by atoms with Gasteiger partial charge in [0.15, 0.2) is 5.60 Å². The number of ether oxygens (including phenoxy) is 1. The van der Waals surface area contributed by atoms with Gasteiger partial charge in [-0.25, -0.2) is 0 Å². The highest BCUT2D eigenvalue weighted by Gasteiger charge is 2.31. The minimum absolute atomic E-state index is 0.423. The van der Waals surface area contributed by atoms with Gasteiger partial charge in [-0.15, -0.1) is 0 Å². The molecule has 1 radical (unpaired) electrons. The molecule has 0 rings (SSSR count). The molecular formula is C9H15O3. The summed E-state index contributed by atoms with van der Waals surface area (Å²) in [6.45, 7) is 5.05. The van der Waals surface area contributed by atoms with Crippen LogP contribution in [0, 0.1) is 0 Å². The summed E-state index contributed by atoms with van der Waals surface area (Å²) >= 11 is 0. The molecule has 12 heavy (non-hydrogen) atoms. The number of hydrogen-bond acceptors (Lipinski definition) is 3. The zero-order valence-electron chi connectivity index (χ0n) is 7.85. The van der Waals surface area contributed by atoms with E-state index in [1.165, 1.54) is 6.92 Å². The van der Waals surface area contributed by atoms with Crippen molar-refractivity contribution in [3.8, 4) is 0 Å². The number of hydrogen-bond donors (Lipinski definition) is 0. The first-order valence-electron chi connectivity index (χ1n) is 4.19. The molecule has 0 saturated heterocycles. The summed E-state index contributed by atoms with van der Waals surface area (Å²) in [5, 5.41) is 0. The highest BCUT2D eigenvalue weighted by Crippen LogP contribution is 2.19. The molecule has 0 saturated carbocycles. The van der Waals surface area contributed by atoms with Crippen molar-refractivity contribution in [1.29, 1.82) is 0 Å². The van der Waals surface area contributed by atoms with E-state index in [9.17, 15) is 9.59 Å². The van der Waals surface area contributed by atoms with Gasteiger partial charge in [-0.05, 0) is 12.8 Å². The van der Waals surface area contributed by atoms with E-state index in [-0.39, 0.29) is 0 Å². The Bertz CT molecular complexity index is 165. The Labute approximate surface area is 73.1 Å². The first kappa shape index (κ1) is 11.1. The van der Waals surface area contributed by atoms with Gasteiger partial charge in [-0.3, -0.25) is 9.59 Å². The van der Waals surface area contributed by atoms with Crippen LogP contribution in [0.5, 0.6) is 0 Å². The van der Waals surface area contributed by atoms with E-state index >= 15 is 0 Å². The van der Waals surface area contributed by atoms with Gasteiger partial charge in [0.2, 0.25) is 6.29 Å². The fourth-order valence-corrected chi connectivity index (χ4v) is 1.12. The highest BCUT2D eigenvalue weighted by molar-refractivity contribution is 5.73. The van der Waals surface area contributed by atoms with Gasteiger partial charge in [0, 0.05) is 6.92 Å². The quantitative estimate of drug-likeness (QED) is 0.590. The van der Waals surface area contributed by atoms with E-state index in [2.05, 4.69) is 0 Å². The zero-order valence-corrected chi connectivity index (χ0v) is 7.85. The molecule has 0 aromatic heterocycles. The van der Waals surface area contributed by atoms with Crippen molar-refractivity contribution < 1.29 is 14.3 Å². The van der Waals surface area contributed by atoms with Crippen LogP contribution in [0.15, 0.2) is 0 Å². The van der Waals surface area contributed by atoms with Crippen LogP contribution >= 0.6 is 0 Å². The van der Waals surface area contributed by atoms with Gasteiger partial charge >= 0.3 is 5.97 Å². The predicted molar refractivity (Wildman–Crippen MR) is 45.4 cm³/mol. The molecular weight excluding hydrogens is 156 g/mol. The second kappa shape index (κ2) is 4.91. The molecule has 0 aliphatic heterocycles. The SMILES string of the molecule is CCCC([C]=O)(CC)OC(C)=O. The average molecular weight is 171 g/mol. The highest BCUT2D eigenvalue weighted by atomic mass is 16.6. The topological polar surface area (TPSA) is 43.4 Å². The third-order valence-electron chi connectivity index (χ3n) is 1.75. The van der Waals surface area contributed by atoms with E-state index in [1.54, 1.807) is 6.29 Å². The summed E-state index contributed by atoms with van der Waals surface area (Å²) < 4.78 is 4.91. The molecule has 0 aromatic rings. The molecule has 3 nitrogen and oxygen atoms in total. The fraction of sp³-hybridized carbons (Fsp3) is 0.778. The lowest BCUT2D eigenvalue weighted by molar-refractivity contribution is -0.151. The van der Waals surface area contributed by atoms with Gasteiger partial charge in [0.1, 0.15) is 0 Å². The Morgan fingerprint density at radius 1 is 1.50 bits per heavy atom. The first-order valence-corrected chi connectivity index (χ1v) is 4.19. The summed E-state index contributed by atoms with van der Waals surface area (Å²) in [6, 6.07) is 0. The Balaban J connectivity index is 4.33. The molecule has 0 spiro atoms. The lowest BCUT2D eigenvalue weighted by Crippen LogP contribution is -2.35. The lowest BCUT2D eigenvalue weighted by Gasteiger charge is -2.24. The number of esters is 1. The summed E-state index contributed by atoms with van der Waals surface area (Å²) in [4.78, 5) is 21.2. The third kappa shape index (κ3) is 3.03. The molecule has 0 amide bonds. The zero-order chi connectivity index (χ0) is 9.61. The van der Waals surface area contributed by atoms with Crippen molar-refractivity contribution >= 4 is 12.3 Å². The van der Waals surface area contributed by atoms with Gasteiger partial charge in [0.05, 0.1) is 0 Å². The second-order valence-corrected chi connectivity index (χ2v) is 2.79. The first-order chi connectivity index (χ1) is 5.60. The van der Waals surface area contributed by atoms with Crippen LogP contribution in [0.4, 0.5) is 0 Å². The Morgan fingerprint density at radius 2 is 2.08 bits per heavy atom. The summed E-state index contributed by atoms with van der Waals surface area (Å²) in [5.74, 6) is -0.423. The van der Waals surface area contributed by atoms with E-state index in [4.69, 9.17) is 4.74 Å². The Morgan fingerprint density at radius 3 is 2.33 bits per heavy atom. The Hall–Kier alpha value is -0.860. The fourth-order valence-electron chi connectivity index (χ4n) is 1.12. The molecule has 0 aliphatic rings. The van der Waals surface area contributed by atoms with Crippen molar-refractivity contribution in [3.05, 3.63) is 0 Å². The van der Waals surface area contributed by atoms with Crippen LogP contribution in [-0.4, -0.2) is 17.9 Å². The van der Waals surface area contributed by atoms with Crippen molar-refractivity contribution in [2.45, 2.75) is 45.6 Å². The summed E-state index contributed by atoms with van der Waals surface area (Å²) in [6.07, 6.45) is 3.64. The van der Waals surface area contributed by atoms with Gasteiger partial charge < -0.3 is 4.74 Å². The molecule has 0 bridgehead atoms. The van der Waals surface area contributed by atoms with Crippen molar-refractivity contribution in [1.82, 2.24) is 0 Å². The van der Waals surface area contributed by atoms with Crippen molar-refractivity contribution in [2.24, 2.45) is 0 Å². The van der Waals surface area contributed by atoms with Crippen molar-refractivity contribution in [2.75, 3.05) is 0 Å². The van der Waals surface area contributed by atoms with Gasteiger partial charge in [-0.1, -0.05) is 20.3 Å². The largest absolute Gasteiger partial charge is 0.451 e. The molecule has 3 heteroatoms. The van der Waals surface area contributed by atoms with E-state index in [1.807, 2.05) is 13.8 Å². The molecule has 0 fully saturated rings. The lowest BCUT2D eigenvalue weighted by atomic mass is 9.96. The molecule has 0 heterocycles. The summed E-state index contributed by atoms with van der Waals surface area (Å²) in [5.41, 5.74) is -0.999. The average Bonchev–Trinajstić information content (AvgIpc) is 2.03. The molecule has 0 N–H and O–H groups in total. The van der Waals surface area contributed by atoms with Crippen LogP contribution in [0.25, 0.3) is 0 Å². The third-order valence-corrected chi connectivity index (χ3v) is 1.75. The van der Waals surface area contributed by atoms with Crippen LogP contribution in [0.2, 0.25) is 0 Å². The minimum Gasteiger partial charge on any atom is -0.451 e. The Kier molecular flexibility index (Phi) is 4.55. The monoisotopic (exact) mass is 171 g/mol. The smallest absolute Gasteiger partial charge is 0.303 e. The van der Waals surface area contributed by atoms with Gasteiger partial charge in [-0.2, -0.15) is 0 Å². The minimum atomic E-state index is -0.999. The van der Waals surface area contributed by atoms with Gasteiger partial charge in [0.25, 0.3) is 0 Å². The maximum atomic E-state index is 10.7. The van der Waals surface area contributed by atoms with E-state index in [0.717, 1.165) is 6.42 Å². The normalized spacial score (nSPS) is 14.9. The predicted octanol–water partition coefficient (Wildman–Crippen LogP) is 1.61. The maximum absolute atomic E-state index is 10.7. The molecule has 0 aliphatic carbocycles. The second-order valence-electron chi connectivity index (χ2n) is 2.79. The number of rotatable bonds is 5. The molecule has 1 unspecified atom stereocenters. The number of carbonyl (C=O) groups is 1. The summed E-state index contributed by atoms with van der Waals surface area (Å²) in [7, 11) is 0. The van der Waals surface area contributed by atoms with Crippen molar-refractivity contribution in [3.63, 3.8) is 0 Å². The number of carbonyl (C=O) groups excluding carboxylic acids is 2. The van der Waals surface area contributed by atoms with E-state index < -0.39 is 11.6 Å².